The van der Waals surface area contributed by atoms with Gasteiger partial charge in [-0.2, -0.15) is 0 Å². The van der Waals surface area contributed by atoms with E-state index in [1.807, 2.05) is 31.2 Å². The molecule has 152 valence electrons. The van der Waals surface area contributed by atoms with E-state index in [4.69, 9.17) is 0 Å². The maximum Gasteiger partial charge on any atom is 0.241 e. The Labute approximate surface area is 174 Å². The Kier molecular flexibility index (Phi) is 5.90. The van der Waals surface area contributed by atoms with Gasteiger partial charge in [0.25, 0.3) is 0 Å². The second-order valence-corrected chi connectivity index (χ2v) is 9.02. The van der Waals surface area contributed by atoms with Crippen LogP contribution in [-0.2, 0) is 16.1 Å². The largest absolute Gasteiger partial charge is 0.353 e. The SMILES string of the molecule is C[C@@H](C(=O)NC1CCCC1)[C@H]1Sc2ccccc2N(Cc2ccc(F)cc2)C1=O. The van der Waals surface area contributed by atoms with Crippen molar-refractivity contribution in [2.75, 3.05) is 4.90 Å². The van der Waals surface area contributed by atoms with Gasteiger partial charge in [0.05, 0.1) is 18.2 Å². The average molecular weight is 413 g/mol. The summed E-state index contributed by atoms with van der Waals surface area (Å²) in [4.78, 5) is 28.9. The molecule has 1 aliphatic carbocycles. The number of nitrogens with one attached hydrogen (secondary N) is 1. The first-order valence-corrected chi connectivity index (χ1v) is 11.0. The van der Waals surface area contributed by atoms with Crippen LogP contribution in [0.3, 0.4) is 0 Å². The maximum atomic E-state index is 13.4. The highest BCUT2D eigenvalue weighted by atomic mass is 32.2. The van der Waals surface area contributed by atoms with Crippen molar-refractivity contribution in [3.63, 3.8) is 0 Å². The van der Waals surface area contributed by atoms with Crippen molar-refractivity contribution in [2.24, 2.45) is 5.92 Å². The molecule has 6 heteroatoms. The molecule has 1 N–H and O–H groups in total. The molecule has 0 spiro atoms. The van der Waals surface area contributed by atoms with E-state index in [-0.39, 0.29) is 23.7 Å². The van der Waals surface area contributed by atoms with E-state index in [9.17, 15) is 14.0 Å². The zero-order chi connectivity index (χ0) is 20.4. The molecule has 29 heavy (non-hydrogen) atoms. The molecule has 0 aromatic heterocycles. The zero-order valence-corrected chi connectivity index (χ0v) is 17.3. The Bertz CT molecular complexity index is 896. The summed E-state index contributed by atoms with van der Waals surface area (Å²) in [5.74, 6) is -0.863. The van der Waals surface area contributed by atoms with Crippen LogP contribution in [-0.4, -0.2) is 23.1 Å². The monoisotopic (exact) mass is 412 g/mol. The number of rotatable bonds is 5. The normalized spacial score (nSPS) is 20.4. The molecule has 0 unspecified atom stereocenters. The van der Waals surface area contributed by atoms with E-state index in [0.717, 1.165) is 41.8 Å². The molecule has 1 fully saturated rings. The molecule has 1 heterocycles. The third-order valence-corrected chi connectivity index (χ3v) is 7.21. The number of amides is 2. The highest BCUT2D eigenvalue weighted by Crippen LogP contribution is 2.42. The van der Waals surface area contributed by atoms with E-state index < -0.39 is 11.2 Å². The summed E-state index contributed by atoms with van der Waals surface area (Å²) in [7, 11) is 0. The average Bonchev–Trinajstić information content (AvgIpc) is 3.24. The van der Waals surface area contributed by atoms with Crippen LogP contribution >= 0.6 is 11.8 Å². The molecule has 0 radical (unpaired) electrons. The fourth-order valence-corrected chi connectivity index (χ4v) is 5.32. The zero-order valence-electron chi connectivity index (χ0n) is 16.4. The number of hydrogen-bond donors (Lipinski definition) is 1. The summed E-state index contributed by atoms with van der Waals surface area (Å²) in [6, 6.07) is 14.2. The van der Waals surface area contributed by atoms with Gasteiger partial charge in [-0.3, -0.25) is 9.59 Å². The second-order valence-electron chi connectivity index (χ2n) is 7.84. The van der Waals surface area contributed by atoms with E-state index in [1.54, 1.807) is 17.0 Å². The summed E-state index contributed by atoms with van der Waals surface area (Å²) in [6.07, 6.45) is 4.33. The van der Waals surface area contributed by atoms with Crippen LogP contribution in [0.5, 0.6) is 0 Å². The van der Waals surface area contributed by atoms with Crippen LogP contribution in [0.4, 0.5) is 10.1 Å². The lowest BCUT2D eigenvalue weighted by molar-refractivity contribution is -0.128. The molecule has 2 amide bonds. The van der Waals surface area contributed by atoms with Crippen molar-refractivity contribution in [2.45, 2.75) is 55.3 Å². The van der Waals surface area contributed by atoms with E-state index in [1.165, 1.54) is 23.9 Å². The lowest BCUT2D eigenvalue weighted by atomic mass is 10.0. The molecule has 4 nitrogen and oxygen atoms in total. The van der Waals surface area contributed by atoms with Crippen molar-refractivity contribution in [1.82, 2.24) is 5.32 Å². The molecule has 1 saturated carbocycles. The van der Waals surface area contributed by atoms with E-state index in [0.29, 0.717) is 6.54 Å². The minimum atomic E-state index is -0.480. The van der Waals surface area contributed by atoms with Crippen LogP contribution in [0.1, 0.15) is 38.2 Å². The molecule has 4 rings (SSSR count). The highest BCUT2D eigenvalue weighted by molar-refractivity contribution is 8.01. The van der Waals surface area contributed by atoms with E-state index >= 15 is 0 Å². The first-order valence-electron chi connectivity index (χ1n) is 10.1. The highest BCUT2D eigenvalue weighted by Gasteiger charge is 2.39. The minimum absolute atomic E-state index is 0.0520. The molecule has 2 aliphatic rings. The Morgan fingerprint density at radius 2 is 1.86 bits per heavy atom. The topological polar surface area (TPSA) is 49.4 Å². The summed E-state index contributed by atoms with van der Waals surface area (Å²) in [5.41, 5.74) is 1.69. The first kappa shape index (κ1) is 20.0. The Morgan fingerprint density at radius 3 is 2.59 bits per heavy atom. The van der Waals surface area contributed by atoms with Crippen molar-refractivity contribution < 1.29 is 14.0 Å². The van der Waals surface area contributed by atoms with Gasteiger partial charge in [0.1, 0.15) is 11.1 Å². The first-order chi connectivity index (χ1) is 14.0. The number of para-hydroxylation sites is 1. The smallest absolute Gasteiger partial charge is 0.241 e. The van der Waals surface area contributed by atoms with Gasteiger partial charge in [-0.05, 0) is 42.7 Å². The van der Waals surface area contributed by atoms with Crippen LogP contribution in [0.25, 0.3) is 0 Å². The Hall–Kier alpha value is -2.34. The van der Waals surface area contributed by atoms with Crippen molar-refractivity contribution in [1.29, 1.82) is 0 Å². The predicted octanol–water partition coefficient (Wildman–Crippen LogP) is 4.53. The molecule has 1 aliphatic heterocycles. The lowest BCUT2D eigenvalue weighted by Gasteiger charge is -2.36. The standard InChI is InChI=1S/C23H25FN2O2S/c1-15(22(27)25-18-6-2-3-7-18)21-23(28)26(14-16-10-12-17(24)13-11-16)19-8-4-5-9-20(19)29-21/h4-5,8-13,15,18,21H,2-3,6-7,14H2,1H3,(H,25,27)/t15-,21-/m1/s1. The third-order valence-electron chi connectivity index (χ3n) is 5.74. The number of hydrogen-bond acceptors (Lipinski definition) is 3. The van der Waals surface area contributed by atoms with Crippen molar-refractivity contribution in [3.05, 3.63) is 59.9 Å². The van der Waals surface area contributed by atoms with Crippen molar-refractivity contribution >= 4 is 29.3 Å². The molecule has 2 aromatic rings. The van der Waals surface area contributed by atoms with Crippen LogP contribution in [0.15, 0.2) is 53.4 Å². The van der Waals surface area contributed by atoms with Gasteiger partial charge in [-0.25, -0.2) is 4.39 Å². The predicted molar refractivity (Wildman–Crippen MR) is 113 cm³/mol. The molecule has 0 saturated heterocycles. The maximum absolute atomic E-state index is 13.4. The molecule has 2 aromatic carbocycles. The Balaban J connectivity index is 1.57. The number of halogens is 1. The van der Waals surface area contributed by atoms with Gasteiger partial charge < -0.3 is 10.2 Å². The number of nitrogens with zero attached hydrogens (tertiary/aromatic N) is 1. The van der Waals surface area contributed by atoms with Gasteiger partial charge >= 0.3 is 0 Å². The number of thioether (sulfide) groups is 1. The summed E-state index contributed by atoms with van der Waals surface area (Å²) < 4.78 is 13.3. The quantitative estimate of drug-likeness (QED) is 0.785. The number of fused-ring (bicyclic) bond motifs is 1. The van der Waals surface area contributed by atoms with Gasteiger partial charge in [-0.15, -0.1) is 11.8 Å². The summed E-state index contributed by atoms with van der Waals surface area (Å²) in [5, 5.41) is 2.65. The molecular formula is C23H25FN2O2S. The van der Waals surface area contributed by atoms with Gasteiger partial charge in [0, 0.05) is 10.9 Å². The summed E-state index contributed by atoms with van der Waals surface area (Å²) >= 11 is 1.46. The van der Waals surface area contributed by atoms with Gasteiger partial charge in [0.2, 0.25) is 11.8 Å². The third kappa shape index (κ3) is 4.32. The molecule has 2 atom stereocenters. The van der Waals surface area contributed by atoms with Crippen molar-refractivity contribution in [3.8, 4) is 0 Å². The van der Waals surface area contributed by atoms with Crippen LogP contribution < -0.4 is 10.2 Å². The molecule has 0 bridgehead atoms. The lowest BCUT2D eigenvalue weighted by Crippen LogP contribution is -2.48. The number of carbonyl (C=O) groups excluding carboxylic acids is 2. The number of benzene rings is 2. The fraction of sp³-hybridized carbons (Fsp3) is 0.391. The van der Waals surface area contributed by atoms with Gasteiger partial charge in [0.15, 0.2) is 0 Å². The van der Waals surface area contributed by atoms with E-state index in [2.05, 4.69) is 5.32 Å². The fourth-order valence-electron chi connectivity index (χ4n) is 4.03. The second kappa shape index (κ2) is 8.57. The van der Waals surface area contributed by atoms with Crippen LogP contribution in [0.2, 0.25) is 0 Å². The summed E-state index contributed by atoms with van der Waals surface area (Å²) in [6.45, 7) is 2.19. The number of carbonyl (C=O) groups is 2. The Morgan fingerprint density at radius 1 is 1.17 bits per heavy atom. The number of anilines is 1. The minimum Gasteiger partial charge on any atom is -0.353 e. The van der Waals surface area contributed by atoms with Crippen LogP contribution in [0, 0.1) is 11.7 Å². The van der Waals surface area contributed by atoms with Gasteiger partial charge in [-0.1, -0.05) is 44.0 Å². The molecular weight excluding hydrogens is 387 g/mol.